The molecule has 0 bridgehead atoms. The zero-order valence-corrected chi connectivity index (χ0v) is 15.7. The maximum absolute atomic E-state index is 12.3. The first kappa shape index (κ1) is 20.5. The van der Waals surface area contributed by atoms with Crippen LogP contribution in [0.25, 0.3) is 0 Å². The fraction of sp³-hybridized carbons (Fsp3) is 0.462. The smallest absolute Gasteiger partial charge is 0.544 e. The number of carbonyl (C=O) groups is 3. The molecule has 122 valence electrons. The van der Waals surface area contributed by atoms with Gasteiger partial charge in [0.2, 0.25) is 0 Å². The van der Waals surface area contributed by atoms with Crippen LogP contribution in [0.1, 0.15) is 19.3 Å². The Labute approximate surface area is 164 Å². The summed E-state index contributed by atoms with van der Waals surface area (Å²) in [5.74, 6) is -3.26. The van der Waals surface area contributed by atoms with Crippen molar-refractivity contribution < 1.29 is 58.6 Å². The zero-order chi connectivity index (χ0) is 17.2. The number of hydrogen-bond acceptors (Lipinski definition) is 8. The first-order valence-electron chi connectivity index (χ1n) is 6.57. The van der Waals surface area contributed by atoms with Gasteiger partial charge in [-0.15, -0.1) is 0 Å². The second-order valence-corrected chi connectivity index (χ2v) is 5.48. The van der Waals surface area contributed by atoms with Gasteiger partial charge in [-0.2, -0.15) is 10.3 Å². The number of thiocarbonyl (C=S) groups is 1. The number of cyclic esters (lactones) is 1. The molecule has 0 aromatic carbocycles. The Morgan fingerprint density at radius 2 is 2.25 bits per heavy atom. The Morgan fingerprint density at radius 3 is 2.75 bits per heavy atom. The van der Waals surface area contributed by atoms with Crippen LogP contribution in [0.5, 0.6) is 0 Å². The molecule has 1 amide bonds. The van der Waals surface area contributed by atoms with Gasteiger partial charge in [-0.25, -0.2) is 0 Å². The molecule has 0 spiro atoms. The summed E-state index contributed by atoms with van der Waals surface area (Å²) in [4.78, 5) is 40.2. The Bertz CT molecular complexity index is 648. The van der Waals surface area contributed by atoms with Crippen LogP contribution in [0.2, 0.25) is 0 Å². The first-order valence-corrected chi connectivity index (χ1v) is 6.98. The number of carboxylic acid groups (broad SMARTS) is 1. The number of aliphatic carboxylic acids is 1. The summed E-state index contributed by atoms with van der Waals surface area (Å²) >= 11 is 4.99. The minimum atomic E-state index is -2.26. The van der Waals surface area contributed by atoms with Crippen LogP contribution in [0.4, 0.5) is 0 Å². The van der Waals surface area contributed by atoms with Gasteiger partial charge in [0.05, 0.1) is 17.5 Å². The van der Waals surface area contributed by atoms with Gasteiger partial charge in [0.15, 0.2) is 0 Å². The van der Waals surface area contributed by atoms with Crippen LogP contribution in [-0.2, 0) is 24.0 Å². The molecule has 2 rings (SSSR count). The van der Waals surface area contributed by atoms with E-state index in [2.05, 4.69) is 11.9 Å². The standard InChI is InChI=1S/C13H13N3O6S.Na/c1-7(5-14)4-9(23)15-8-6-21-16(11(8)18)13(12(19)20)3-2-10(17)22-13;/h8H,1-4,6H2,(H,15,23)(H,19,20);/q;+1/p-1/t8-,13?;/m0./s1. The third-order valence-corrected chi connectivity index (χ3v) is 3.60. The van der Waals surface area contributed by atoms with Crippen LogP contribution in [-0.4, -0.2) is 46.3 Å². The van der Waals surface area contributed by atoms with Gasteiger partial charge in [-0.1, -0.05) is 18.8 Å². The molecule has 11 heteroatoms. The summed E-state index contributed by atoms with van der Waals surface area (Å²) in [7, 11) is 0. The normalized spacial score (nSPS) is 25.5. The monoisotopic (exact) mass is 361 g/mol. The predicted molar refractivity (Wildman–Crippen MR) is 74.8 cm³/mol. The quantitative estimate of drug-likeness (QED) is 0.222. The molecule has 0 aromatic heterocycles. The maximum Gasteiger partial charge on any atom is 1.00 e. The third kappa shape index (κ3) is 3.93. The summed E-state index contributed by atoms with van der Waals surface area (Å²) in [5.41, 5.74) is -2.05. The van der Waals surface area contributed by atoms with E-state index in [1.807, 2.05) is 6.07 Å². The molecule has 24 heavy (non-hydrogen) atoms. The van der Waals surface area contributed by atoms with E-state index in [9.17, 15) is 19.5 Å². The van der Waals surface area contributed by atoms with E-state index in [1.54, 1.807) is 0 Å². The molecule has 2 atom stereocenters. The van der Waals surface area contributed by atoms with Gasteiger partial charge in [-0.05, 0) is 0 Å². The number of hydroxylamine groups is 2. The average molecular weight is 361 g/mol. The third-order valence-electron chi connectivity index (χ3n) is 3.33. The number of esters is 1. The van der Waals surface area contributed by atoms with E-state index < -0.39 is 29.6 Å². The Kier molecular flexibility index (Phi) is 6.88. The van der Waals surface area contributed by atoms with E-state index in [0.29, 0.717) is 5.06 Å². The summed E-state index contributed by atoms with van der Waals surface area (Å²) < 4.78 is 4.76. The van der Waals surface area contributed by atoms with Gasteiger partial charge in [-0.3, -0.25) is 14.4 Å². The van der Waals surface area contributed by atoms with Crippen molar-refractivity contribution in [3.63, 3.8) is 0 Å². The number of carboxylic acids is 1. The molecule has 0 aromatic rings. The molecule has 2 aliphatic rings. The number of nitrogens with zero attached hydrogens (tertiary/aromatic N) is 2. The SMILES string of the molecule is C=C(C#N)CC(=S)N[C@H]1CON(C2(C(=O)[O-])CCC(=O)O2)C1=O.[Na+]. The second-order valence-electron chi connectivity index (χ2n) is 4.99. The molecule has 9 nitrogen and oxygen atoms in total. The summed E-state index contributed by atoms with van der Waals surface area (Å²) in [6, 6.07) is 0.865. The summed E-state index contributed by atoms with van der Waals surface area (Å²) in [6.45, 7) is 3.26. The first-order chi connectivity index (χ1) is 10.8. The fourth-order valence-electron chi connectivity index (χ4n) is 2.22. The van der Waals surface area contributed by atoms with Gasteiger partial charge in [0.25, 0.3) is 11.6 Å². The van der Waals surface area contributed by atoms with Gasteiger partial charge in [0, 0.05) is 18.4 Å². The van der Waals surface area contributed by atoms with E-state index in [0.717, 1.165) is 0 Å². The molecular weight excluding hydrogens is 349 g/mol. The van der Waals surface area contributed by atoms with Crippen molar-refractivity contribution in [2.45, 2.75) is 31.0 Å². The summed E-state index contributed by atoms with van der Waals surface area (Å²) in [5, 5.41) is 23.2. The van der Waals surface area contributed by atoms with Gasteiger partial charge >= 0.3 is 35.5 Å². The number of hydrogen-bond donors (Lipinski definition) is 1. The van der Waals surface area contributed by atoms with Crippen LogP contribution >= 0.6 is 12.2 Å². The van der Waals surface area contributed by atoms with Crippen molar-refractivity contribution >= 4 is 35.1 Å². The number of rotatable bonds is 5. The molecule has 0 aliphatic carbocycles. The van der Waals surface area contributed by atoms with Crippen molar-refractivity contribution in [2.24, 2.45) is 0 Å². The van der Waals surface area contributed by atoms with Crippen molar-refractivity contribution in [3.05, 3.63) is 12.2 Å². The zero-order valence-electron chi connectivity index (χ0n) is 12.9. The van der Waals surface area contributed by atoms with Crippen LogP contribution in [0, 0.1) is 11.3 Å². The van der Waals surface area contributed by atoms with E-state index in [1.165, 1.54) is 0 Å². The topological polar surface area (TPSA) is 132 Å². The number of nitriles is 1. The molecule has 0 radical (unpaired) electrons. The van der Waals surface area contributed by atoms with Crippen molar-refractivity contribution in [1.82, 2.24) is 10.4 Å². The van der Waals surface area contributed by atoms with Crippen molar-refractivity contribution in [3.8, 4) is 6.07 Å². The molecular formula is C13H12N3NaO6S. The molecule has 1 unspecified atom stereocenters. The molecule has 1 N–H and O–H groups in total. The van der Waals surface area contributed by atoms with Crippen LogP contribution in [0.3, 0.4) is 0 Å². The fourth-order valence-corrected chi connectivity index (χ4v) is 2.54. The summed E-state index contributed by atoms with van der Waals surface area (Å²) in [6.07, 6.45) is -0.363. The minimum Gasteiger partial charge on any atom is -0.544 e. The molecule has 2 fully saturated rings. The molecule has 2 aliphatic heterocycles. The van der Waals surface area contributed by atoms with Crippen molar-refractivity contribution in [1.29, 1.82) is 5.26 Å². The number of ether oxygens (including phenoxy) is 1. The van der Waals surface area contributed by atoms with E-state index in [4.69, 9.17) is 27.1 Å². The Morgan fingerprint density at radius 1 is 1.58 bits per heavy atom. The molecule has 2 heterocycles. The van der Waals surface area contributed by atoms with Crippen LogP contribution < -0.4 is 40.0 Å². The number of amides is 1. The molecule has 0 saturated carbocycles. The maximum atomic E-state index is 12.3. The van der Waals surface area contributed by atoms with Gasteiger partial charge in [0.1, 0.15) is 18.6 Å². The van der Waals surface area contributed by atoms with Crippen LogP contribution in [0.15, 0.2) is 12.2 Å². The Balaban J connectivity index is 0.00000288. The molecule has 2 saturated heterocycles. The average Bonchev–Trinajstić information content (AvgIpc) is 3.04. The van der Waals surface area contributed by atoms with Crippen molar-refractivity contribution in [2.75, 3.05) is 6.61 Å². The number of nitrogens with one attached hydrogen (secondary N) is 1. The van der Waals surface area contributed by atoms with Gasteiger partial charge < -0.3 is 20.0 Å². The largest absolute Gasteiger partial charge is 1.00 e. The van der Waals surface area contributed by atoms with E-state index >= 15 is 0 Å². The van der Waals surface area contributed by atoms with E-state index in [-0.39, 0.29) is 66.0 Å². The minimum absolute atomic E-state index is 0. The number of carbonyl (C=O) groups excluding carboxylic acids is 3. The predicted octanol–water partition coefficient (Wildman–Crippen LogP) is -4.70. The Hall–Kier alpha value is -1.51. The second kappa shape index (κ2) is 8.04.